The molecule has 0 aromatic heterocycles. The Balaban J connectivity index is 1.78. The van der Waals surface area contributed by atoms with Crippen LogP contribution in [0.3, 0.4) is 0 Å². The summed E-state index contributed by atoms with van der Waals surface area (Å²) in [5, 5.41) is 22.4. The van der Waals surface area contributed by atoms with Crippen LogP contribution in [0.2, 0.25) is 0 Å². The number of phenolic OH excluding ortho intramolecular Hbond substituents is 1. The molecule has 2 fully saturated rings. The molecule has 6 heteroatoms. The molecule has 2 amide bonds. The average Bonchev–Trinajstić information content (AvgIpc) is 2.46. The van der Waals surface area contributed by atoms with Crippen molar-refractivity contribution in [3.63, 3.8) is 0 Å². The Labute approximate surface area is 135 Å². The molecule has 2 bridgehead atoms. The predicted molar refractivity (Wildman–Crippen MR) is 83.1 cm³/mol. The fraction of sp³-hybridized carbons (Fsp3) is 0.588. The Morgan fingerprint density at radius 2 is 2.22 bits per heavy atom. The number of urea groups is 1. The minimum absolute atomic E-state index is 0.0375. The lowest BCUT2D eigenvalue weighted by atomic mass is 9.71. The van der Waals surface area contributed by atoms with Crippen LogP contribution >= 0.6 is 0 Å². The monoisotopic (exact) mass is 318 g/mol. The topological polar surface area (TPSA) is 82.0 Å². The standard InChI is InChI=1S/C17H22N2O4/c20-9-3-8-19-16(22)18-13-10-17(19,11-4-1-5-11)23-15-12(13)6-2-7-14(15)21/h2,6-7,11,13,20-21H,1,3-5,8-10H2,(H,18,22). The molecule has 0 radical (unpaired) electrons. The van der Waals surface area contributed by atoms with Crippen molar-refractivity contribution in [3.8, 4) is 11.5 Å². The van der Waals surface area contributed by atoms with E-state index in [-0.39, 0.29) is 30.3 Å². The van der Waals surface area contributed by atoms with Crippen molar-refractivity contribution in [1.82, 2.24) is 10.2 Å². The fourth-order valence-corrected chi connectivity index (χ4v) is 4.09. The van der Waals surface area contributed by atoms with E-state index in [4.69, 9.17) is 9.84 Å². The zero-order valence-corrected chi connectivity index (χ0v) is 13.0. The number of hydrogen-bond acceptors (Lipinski definition) is 4. The third-order valence-corrected chi connectivity index (χ3v) is 5.46. The van der Waals surface area contributed by atoms with Crippen molar-refractivity contribution >= 4 is 6.03 Å². The molecule has 4 rings (SSSR count). The largest absolute Gasteiger partial charge is 0.504 e. The number of para-hydroxylation sites is 1. The first-order valence-corrected chi connectivity index (χ1v) is 8.35. The molecular weight excluding hydrogens is 296 g/mol. The van der Waals surface area contributed by atoms with Crippen molar-refractivity contribution in [1.29, 1.82) is 0 Å². The molecule has 23 heavy (non-hydrogen) atoms. The van der Waals surface area contributed by atoms with Crippen LogP contribution in [0.25, 0.3) is 0 Å². The summed E-state index contributed by atoms with van der Waals surface area (Å²) in [5.41, 5.74) is 0.141. The molecule has 1 saturated heterocycles. The average molecular weight is 318 g/mol. The molecule has 0 spiro atoms. The van der Waals surface area contributed by atoms with Crippen LogP contribution in [0, 0.1) is 5.92 Å². The highest BCUT2D eigenvalue weighted by Gasteiger charge is 2.57. The Bertz CT molecular complexity index is 631. The van der Waals surface area contributed by atoms with Crippen LogP contribution in [0.15, 0.2) is 18.2 Å². The van der Waals surface area contributed by atoms with E-state index in [0.29, 0.717) is 25.1 Å². The molecule has 3 N–H and O–H groups in total. The second kappa shape index (κ2) is 5.30. The lowest BCUT2D eigenvalue weighted by Gasteiger charge is -2.57. The van der Waals surface area contributed by atoms with E-state index in [0.717, 1.165) is 24.8 Å². The van der Waals surface area contributed by atoms with Crippen LogP contribution in [0.1, 0.15) is 43.7 Å². The molecule has 124 valence electrons. The molecular formula is C17H22N2O4. The smallest absolute Gasteiger partial charge is 0.320 e. The maximum Gasteiger partial charge on any atom is 0.320 e. The SMILES string of the molecule is O=C1NC2CC(C3CCC3)(Oc3c(O)cccc32)N1CCCO. The number of fused-ring (bicyclic) bond motifs is 4. The zero-order chi connectivity index (χ0) is 16.0. The molecule has 2 heterocycles. The number of ether oxygens (including phenoxy) is 1. The first-order chi connectivity index (χ1) is 11.2. The van der Waals surface area contributed by atoms with Gasteiger partial charge in [-0.25, -0.2) is 4.79 Å². The Morgan fingerprint density at radius 1 is 1.39 bits per heavy atom. The highest BCUT2D eigenvalue weighted by molar-refractivity contribution is 5.77. The van der Waals surface area contributed by atoms with Crippen LogP contribution in [-0.4, -0.2) is 40.0 Å². The molecule has 2 unspecified atom stereocenters. The van der Waals surface area contributed by atoms with E-state index in [2.05, 4.69) is 5.32 Å². The third-order valence-electron chi connectivity index (χ3n) is 5.46. The van der Waals surface area contributed by atoms with Gasteiger partial charge in [0.1, 0.15) is 0 Å². The number of amides is 2. The van der Waals surface area contributed by atoms with Gasteiger partial charge in [-0.2, -0.15) is 0 Å². The van der Waals surface area contributed by atoms with Gasteiger partial charge < -0.3 is 20.3 Å². The van der Waals surface area contributed by atoms with Gasteiger partial charge in [0, 0.05) is 31.1 Å². The quantitative estimate of drug-likeness (QED) is 0.794. The summed E-state index contributed by atoms with van der Waals surface area (Å²) >= 11 is 0. The molecule has 6 nitrogen and oxygen atoms in total. The van der Waals surface area contributed by atoms with Gasteiger partial charge in [0.2, 0.25) is 0 Å². The summed E-state index contributed by atoms with van der Waals surface area (Å²) < 4.78 is 6.34. The second-order valence-corrected chi connectivity index (χ2v) is 6.71. The van der Waals surface area contributed by atoms with Crippen LogP contribution in [0.4, 0.5) is 4.79 Å². The lowest BCUT2D eigenvalue weighted by molar-refractivity contribution is -0.158. The summed E-state index contributed by atoms with van der Waals surface area (Å²) in [7, 11) is 0. The minimum Gasteiger partial charge on any atom is -0.504 e. The normalized spacial score (nSPS) is 29.3. The molecule has 3 aliphatic rings. The zero-order valence-electron chi connectivity index (χ0n) is 13.0. The first-order valence-electron chi connectivity index (χ1n) is 8.35. The van der Waals surface area contributed by atoms with Crippen molar-refractivity contribution in [2.45, 2.75) is 43.9 Å². The van der Waals surface area contributed by atoms with E-state index < -0.39 is 5.72 Å². The maximum absolute atomic E-state index is 12.6. The maximum atomic E-state index is 12.6. The number of aliphatic hydroxyl groups excluding tert-OH is 1. The molecule has 1 aromatic rings. The number of hydrogen-bond donors (Lipinski definition) is 3. The lowest BCUT2D eigenvalue weighted by Crippen LogP contribution is -2.70. The molecule has 1 saturated carbocycles. The number of carbonyl (C=O) groups is 1. The first kappa shape index (κ1) is 14.6. The summed E-state index contributed by atoms with van der Waals surface area (Å²) in [6, 6.07) is 5.01. The van der Waals surface area contributed by atoms with Crippen molar-refractivity contribution in [2.75, 3.05) is 13.2 Å². The molecule has 1 aromatic carbocycles. The minimum atomic E-state index is -0.702. The summed E-state index contributed by atoms with van der Waals surface area (Å²) in [4.78, 5) is 14.4. The van der Waals surface area contributed by atoms with Crippen LogP contribution < -0.4 is 10.1 Å². The number of aromatic hydroxyl groups is 1. The van der Waals surface area contributed by atoms with Crippen LogP contribution in [0.5, 0.6) is 11.5 Å². The molecule has 2 aliphatic heterocycles. The van der Waals surface area contributed by atoms with Crippen LogP contribution in [-0.2, 0) is 0 Å². The number of rotatable bonds is 4. The molecule has 1 aliphatic carbocycles. The third kappa shape index (κ3) is 2.08. The number of nitrogens with zero attached hydrogens (tertiary/aromatic N) is 1. The highest BCUT2D eigenvalue weighted by Crippen LogP contribution is 2.54. The van der Waals surface area contributed by atoms with E-state index >= 15 is 0 Å². The summed E-state index contributed by atoms with van der Waals surface area (Å²) in [5.74, 6) is 0.890. The van der Waals surface area contributed by atoms with Gasteiger partial charge in [0.05, 0.1) is 6.04 Å². The fourth-order valence-electron chi connectivity index (χ4n) is 4.09. The molecule has 2 atom stereocenters. The van der Waals surface area contributed by atoms with Gasteiger partial charge in [-0.05, 0) is 25.3 Å². The number of aliphatic hydroxyl groups is 1. The Kier molecular flexibility index (Phi) is 3.37. The highest BCUT2D eigenvalue weighted by atomic mass is 16.5. The number of carbonyl (C=O) groups excluding carboxylic acids is 1. The second-order valence-electron chi connectivity index (χ2n) is 6.71. The number of benzene rings is 1. The van der Waals surface area contributed by atoms with Gasteiger partial charge in [-0.15, -0.1) is 0 Å². The van der Waals surface area contributed by atoms with E-state index in [1.165, 1.54) is 0 Å². The van der Waals surface area contributed by atoms with Crippen molar-refractivity contribution < 1.29 is 19.7 Å². The van der Waals surface area contributed by atoms with Gasteiger partial charge in [0.25, 0.3) is 0 Å². The van der Waals surface area contributed by atoms with Gasteiger partial charge >= 0.3 is 6.03 Å². The van der Waals surface area contributed by atoms with Gasteiger partial charge in [-0.1, -0.05) is 18.6 Å². The summed E-state index contributed by atoms with van der Waals surface area (Å²) in [6.45, 7) is 0.490. The predicted octanol–water partition coefficient (Wildman–Crippen LogP) is 2.12. The summed E-state index contributed by atoms with van der Waals surface area (Å²) in [6.07, 6.45) is 4.40. The Morgan fingerprint density at radius 3 is 2.91 bits per heavy atom. The number of nitrogens with one attached hydrogen (secondary N) is 1. The number of phenols is 1. The van der Waals surface area contributed by atoms with Crippen molar-refractivity contribution in [3.05, 3.63) is 23.8 Å². The Hall–Kier alpha value is -1.95. The van der Waals surface area contributed by atoms with E-state index in [1.54, 1.807) is 17.0 Å². The van der Waals surface area contributed by atoms with Gasteiger partial charge in [0.15, 0.2) is 17.2 Å². The van der Waals surface area contributed by atoms with E-state index in [9.17, 15) is 9.90 Å². The van der Waals surface area contributed by atoms with Crippen molar-refractivity contribution in [2.24, 2.45) is 5.92 Å². The van der Waals surface area contributed by atoms with E-state index in [1.807, 2.05) is 6.07 Å². The van der Waals surface area contributed by atoms with Gasteiger partial charge in [-0.3, -0.25) is 4.90 Å².